The smallest absolute Gasteiger partial charge is 0.275 e. The van der Waals surface area contributed by atoms with Gasteiger partial charge in [0.25, 0.3) is 5.91 Å². The molecular weight excluding hydrogens is 404 g/mol. The number of nitrogens with zero attached hydrogens (tertiary/aromatic N) is 2. The zero-order valence-electron chi connectivity index (χ0n) is 13.2. The number of benzene rings is 2. The van der Waals surface area contributed by atoms with Crippen molar-refractivity contribution in [3.05, 3.63) is 58.6 Å². The Hall–Kier alpha value is -2.12. The summed E-state index contributed by atoms with van der Waals surface area (Å²) in [6.07, 6.45) is 0. The highest BCUT2D eigenvalue weighted by molar-refractivity contribution is 9.10. The zero-order valence-corrected chi connectivity index (χ0v) is 15.6. The maximum atomic E-state index is 13.3. The minimum absolute atomic E-state index is 0.152. The summed E-state index contributed by atoms with van der Waals surface area (Å²) in [5.41, 5.74) is 1.85. The van der Waals surface area contributed by atoms with Gasteiger partial charge in [-0.1, -0.05) is 34.1 Å². The van der Waals surface area contributed by atoms with E-state index in [-0.39, 0.29) is 23.5 Å². The lowest BCUT2D eigenvalue weighted by Gasteiger charge is -2.32. The first-order valence-electron chi connectivity index (χ1n) is 7.64. The molecule has 2 aliphatic rings. The second-order valence-electron chi connectivity index (χ2n) is 5.81. The molecule has 1 spiro atoms. The molecule has 1 saturated heterocycles. The fraction of sp³-hybridized carbons (Fsp3) is 0.167. The average Bonchev–Trinajstić information content (AvgIpc) is 3.06. The monoisotopic (exact) mass is 416 g/mol. The van der Waals surface area contributed by atoms with Crippen LogP contribution >= 0.6 is 27.7 Å². The number of hydrogen-bond acceptors (Lipinski definition) is 4. The lowest BCUT2D eigenvalue weighted by atomic mass is 10.0. The first-order valence-corrected chi connectivity index (χ1v) is 9.42. The van der Waals surface area contributed by atoms with E-state index in [2.05, 4.69) is 15.9 Å². The summed E-state index contributed by atoms with van der Waals surface area (Å²) in [7, 11) is 0. The zero-order chi connectivity index (χ0) is 17.8. The Morgan fingerprint density at radius 1 is 1.12 bits per heavy atom. The van der Waals surface area contributed by atoms with Gasteiger partial charge in [-0.2, -0.15) is 0 Å². The van der Waals surface area contributed by atoms with Crippen LogP contribution in [-0.2, 0) is 19.3 Å². The van der Waals surface area contributed by atoms with E-state index in [9.17, 15) is 14.4 Å². The van der Waals surface area contributed by atoms with Crippen LogP contribution in [0.4, 0.5) is 11.4 Å². The third kappa shape index (κ3) is 2.19. The van der Waals surface area contributed by atoms with E-state index < -0.39 is 4.87 Å². The molecule has 25 heavy (non-hydrogen) atoms. The highest BCUT2D eigenvalue weighted by Gasteiger charge is 2.61. The number of anilines is 2. The molecule has 2 aromatic rings. The molecule has 0 bridgehead atoms. The molecule has 2 aromatic carbocycles. The highest BCUT2D eigenvalue weighted by Crippen LogP contribution is 2.55. The molecule has 0 N–H and O–H groups in total. The van der Waals surface area contributed by atoms with E-state index >= 15 is 0 Å². The minimum Gasteiger partial charge on any atom is -0.283 e. The van der Waals surface area contributed by atoms with Crippen molar-refractivity contribution >= 4 is 56.8 Å². The predicted octanol–water partition coefficient (Wildman–Crippen LogP) is 3.28. The van der Waals surface area contributed by atoms with Crippen LogP contribution in [0.1, 0.15) is 12.5 Å². The van der Waals surface area contributed by atoms with Crippen molar-refractivity contribution in [1.82, 2.24) is 0 Å². The summed E-state index contributed by atoms with van der Waals surface area (Å²) >= 11 is 4.64. The normalized spacial score (nSPS) is 22.0. The summed E-state index contributed by atoms with van der Waals surface area (Å²) in [5.74, 6) is -0.715. The van der Waals surface area contributed by atoms with Gasteiger partial charge >= 0.3 is 0 Å². The highest BCUT2D eigenvalue weighted by atomic mass is 79.9. The Balaban J connectivity index is 1.95. The second-order valence-corrected chi connectivity index (χ2v) is 7.90. The number of fused-ring (bicyclic) bond motifs is 2. The van der Waals surface area contributed by atoms with Gasteiger partial charge in [-0.15, -0.1) is 11.8 Å². The van der Waals surface area contributed by atoms with Gasteiger partial charge < -0.3 is 0 Å². The number of imide groups is 1. The van der Waals surface area contributed by atoms with Crippen molar-refractivity contribution in [3.8, 4) is 0 Å². The molecule has 2 heterocycles. The average molecular weight is 417 g/mol. The molecule has 0 saturated carbocycles. The quantitative estimate of drug-likeness (QED) is 0.715. The number of amides is 3. The van der Waals surface area contributed by atoms with Gasteiger partial charge in [0, 0.05) is 22.6 Å². The third-order valence-corrected chi connectivity index (χ3v) is 6.29. The van der Waals surface area contributed by atoms with Crippen LogP contribution in [0.3, 0.4) is 0 Å². The Labute approximate surface area is 157 Å². The van der Waals surface area contributed by atoms with Gasteiger partial charge in [-0.05, 0) is 30.3 Å². The summed E-state index contributed by atoms with van der Waals surface area (Å²) in [6, 6.07) is 14.4. The van der Waals surface area contributed by atoms with Gasteiger partial charge in [0.2, 0.25) is 16.7 Å². The molecule has 126 valence electrons. The van der Waals surface area contributed by atoms with Crippen molar-refractivity contribution in [3.63, 3.8) is 0 Å². The molecule has 0 aliphatic carbocycles. The molecule has 1 atom stereocenters. The fourth-order valence-corrected chi connectivity index (χ4v) is 4.99. The lowest BCUT2D eigenvalue weighted by molar-refractivity contribution is -0.128. The van der Waals surface area contributed by atoms with E-state index in [1.807, 2.05) is 24.3 Å². The maximum Gasteiger partial charge on any atom is 0.275 e. The van der Waals surface area contributed by atoms with E-state index in [4.69, 9.17) is 0 Å². The molecule has 7 heteroatoms. The maximum absolute atomic E-state index is 13.3. The summed E-state index contributed by atoms with van der Waals surface area (Å²) in [5, 5.41) is 0. The van der Waals surface area contributed by atoms with Crippen LogP contribution in [0.5, 0.6) is 0 Å². The summed E-state index contributed by atoms with van der Waals surface area (Å²) in [6.45, 7) is 1.36. The molecule has 1 fully saturated rings. The van der Waals surface area contributed by atoms with Crippen molar-refractivity contribution in [2.75, 3.05) is 15.6 Å². The number of para-hydroxylation sites is 1. The fourth-order valence-electron chi connectivity index (χ4n) is 3.39. The van der Waals surface area contributed by atoms with Crippen LogP contribution < -0.4 is 9.80 Å². The van der Waals surface area contributed by atoms with Crippen LogP contribution in [0.25, 0.3) is 0 Å². The van der Waals surface area contributed by atoms with Gasteiger partial charge in [0.15, 0.2) is 0 Å². The van der Waals surface area contributed by atoms with Crippen molar-refractivity contribution in [1.29, 1.82) is 0 Å². The Kier molecular flexibility index (Phi) is 3.73. The molecular formula is C18H13BrN2O3S. The Bertz CT molecular complexity index is 915. The number of carbonyl (C=O) groups is 3. The number of halogens is 1. The number of hydrogen-bond donors (Lipinski definition) is 0. The van der Waals surface area contributed by atoms with E-state index in [0.717, 1.165) is 4.47 Å². The molecule has 0 aromatic heterocycles. The van der Waals surface area contributed by atoms with Crippen LogP contribution in [0.2, 0.25) is 0 Å². The number of thioether (sulfide) groups is 1. The van der Waals surface area contributed by atoms with E-state index in [0.29, 0.717) is 16.9 Å². The minimum atomic E-state index is -1.23. The van der Waals surface area contributed by atoms with Crippen LogP contribution in [0.15, 0.2) is 53.0 Å². The first kappa shape index (κ1) is 16.4. The molecule has 5 nitrogen and oxygen atoms in total. The second kappa shape index (κ2) is 5.71. The predicted molar refractivity (Wildman–Crippen MR) is 100 cm³/mol. The van der Waals surface area contributed by atoms with Gasteiger partial charge in [-0.25, -0.2) is 4.90 Å². The van der Waals surface area contributed by atoms with Gasteiger partial charge in [0.05, 0.1) is 11.4 Å². The topological polar surface area (TPSA) is 57.7 Å². The largest absolute Gasteiger partial charge is 0.283 e. The third-order valence-electron chi connectivity index (χ3n) is 4.37. The molecule has 4 rings (SSSR count). The van der Waals surface area contributed by atoms with Gasteiger partial charge in [-0.3, -0.25) is 19.3 Å². The SMILES string of the molecule is CC(=O)N1C(=O)C2(SCC(=O)N2c2ccc(Br)cc2)c2ccccc21. The van der Waals surface area contributed by atoms with Crippen LogP contribution in [-0.4, -0.2) is 23.5 Å². The van der Waals surface area contributed by atoms with Gasteiger partial charge in [0.1, 0.15) is 0 Å². The standard InChI is InChI=1S/C18H13BrN2O3S/c1-11(22)20-15-5-3-2-4-14(15)18(17(20)24)21(16(23)10-25-18)13-8-6-12(19)7-9-13/h2-9H,10H2,1H3. The Morgan fingerprint density at radius 3 is 2.48 bits per heavy atom. The van der Waals surface area contributed by atoms with E-state index in [1.165, 1.54) is 28.5 Å². The van der Waals surface area contributed by atoms with E-state index in [1.54, 1.807) is 24.3 Å². The summed E-state index contributed by atoms with van der Waals surface area (Å²) < 4.78 is 0.883. The van der Waals surface area contributed by atoms with Crippen LogP contribution in [0, 0.1) is 0 Å². The Morgan fingerprint density at radius 2 is 1.80 bits per heavy atom. The number of carbonyl (C=O) groups excluding carboxylic acids is 3. The van der Waals surface area contributed by atoms with Crippen molar-refractivity contribution < 1.29 is 14.4 Å². The molecule has 3 amide bonds. The lowest BCUT2D eigenvalue weighted by Crippen LogP contribution is -2.50. The number of rotatable bonds is 1. The molecule has 0 radical (unpaired) electrons. The van der Waals surface area contributed by atoms with Crippen molar-refractivity contribution in [2.24, 2.45) is 0 Å². The molecule has 1 unspecified atom stereocenters. The molecule has 2 aliphatic heterocycles. The first-order chi connectivity index (χ1) is 12.0. The summed E-state index contributed by atoms with van der Waals surface area (Å²) in [4.78, 5) is 39.6. The van der Waals surface area contributed by atoms with Crippen molar-refractivity contribution in [2.45, 2.75) is 11.8 Å².